The maximum atomic E-state index is 3.83. The summed E-state index contributed by atoms with van der Waals surface area (Å²) >= 11 is 1.94. The lowest BCUT2D eigenvalue weighted by Gasteiger charge is -2.38. The Morgan fingerprint density at radius 2 is 2.11 bits per heavy atom. The zero-order valence-electron chi connectivity index (χ0n) is 12.7. The van der Waals surface area contributed by atoms with E-state index < -0.39 is 0 Å². The summed E-state index contributed by atoms with van der Waals surface area (Å²) in [6.45, 7) is 7.07. The molecule has 1 aliphatic carbocycles. The molecule has 2 heteroatoms. The normalized spacial score (nSPS) is 22.8. The zero-order valence-corrected chi connectivity index (χ0v) is 13.5. The lowest BCUT2D eigenvalue weighted by Crippen LogP contribution is -2.37. The average molecular weight is 277 g/mol. The van der Waals surface area contributed by atoms with Gasteiger partial charge in [-0.25, -0.2) is 0 Å². The molecule has 2 unspecified atom stereocenters. The smallest absolute Gasteiger partial charge is 0.0325 e. The first-order valence-corrected chi connectivity index (χ1v) is 8.78. The highest BCUT2D eigenvalue weighted by molar-refractivity contribution is 7.98. The van der Waals surface area contributed by atoms with Gasteiger partial charge in [-0.15, -0.1) is 0 Å². The summed E-state index contributed by atoms with van der Waals surface area (Å²) in [4.78, 5) is 0. The minimum Gasteiger partial charge on any atom is -0.307 e. The van der Waals surface area contributed by atoms with Gasteiger partial charge in [0.15, 0.2) is 0 Å². The minimum absolute atomic E-state index is 0.331. The van der Waals surface area contributed by atoms with Gasteiger partial charge in [-0.1, -0.05) is 38.1 Å². The third-order valence-corrected chi connectivity index (χ3v) is 5.01. The number of nitrogens with one attached hydrogen (secondary N) is 1. The molecule has 2 atom stereocenters. The molecule has 1 aromatic carbocycles. The van der Waals surface area contributed by atoms with Gasteiger partial charge in [0.25, 0.3) is 0 Å². The Kier molecular flexibility index (Phi) is 4.97. The van der Waals surface area contributed by atoms with E-state index in [4.69, 9.17) is 0 Å². The maximum absolute atomic E-state index is 3.83. The number of hydrogen-bond donors (Lipinski definition) is 1. The van der Waals surface area contributed by atoms with Crippen molar-refractivity contribution < 1.29 is 0 Å². The average Bonchev–Trinajstić information content (AvgIpc) is 2.40. The van der Waals surface area contributed by atoms with Gasteiger partial charge in [0.2, 0.25) is 0 Å². The van der Waals surface area contributed by atoms with E-state index in [0.717, 1.165) is 0 Å². The van der Waals surface area contributed by atoms with Crippen molar-refractivity contribution in [1.29, 1.82) is 0 Å². The summed E-state index contributed by atoms with van der Waals surface area (Å²) in [5, 5.41) is 3.83. The highest BCUT2D eigenvalue weighted by Gasteiger charge is 2.32. The second kappa shape index (κ2) is 6.32. The largest absolute Gasteiger partial charge is 0.307 e. The van der Waals surface area contributed by atoms with Gasteiger partial charge in [-0.3, -0.25) is 0 Å². The highest BCUT2D eigenvalue weighted by atomic mass is 32.2. The fourth-order valence-corrected chi connectivity index (χ4v) is 3.70. The van der Waals surface area contributed by atoms with Crippen molar-refractivity contribution in [2.24, 2.45) is 0 Å². The van der Waals surface area contributed by atoms with Crippen LogP contribution in [0.15, 0.2) is 24.3 Å². The van der Waals surface area contributed by atoms with Crippen molar-refractivity contribution >= 4 is 11.8 Å². The van der Waals surface area contributed by atoms with Gasteiger partial charge < -0.3 is 5.32 Å². The van der Waals surface area contributed by atoms with Crippen molar-refractivity contribution in [2.75, 3.05) is 12.0 Å². The first-order chi connectivity index (χ1) is 9.04. The molecule has 0 amide bonds. The molecule has 1 aromatic rings. The lowest BCUT2D eigenvalue weighted by molar-refractivity contribution is 0.336. The fraction of sp³-hybridized carbons (Fsp3) is 0.647. The SMILES string of the molecule is CSCCC(C)NC1CCC(C)(C)c2ccccc21. The first kappa shape index (κ1) is 14.9. The molecule has 106 valence electrons. The molecular formula is C17H27NS. The predicted molar refractivity (Wildman–Crippen MR) is 87.0 cm³/mol. The van der Waals surface area contributed by atoms with Crippen molar-refractivity contribution in [3.8, 4) is 0 Å². The van der Waals surface area contributed by atoms with E-state index in [1.807, 2.05) is 11.8 Å². The third kappa shape index (κ3) is 3.55. The molecule has 2 rings (SSSR count). The Balaban J connectivity index is 2.12. The summed E-state index contributed by atoms with van der Waals surface area (Å²) in [5.74, 6) is 1.24. The topological polar surface area (TPSA) is 12.0 Å². The molecule has 0 fully saturated rings. The van der Waals surface area contributed by atoms with Crippen LogP contribution in [0.3, 0.4) is 0 Å². The summed E-state index contributed by atoms with van der Waals surface area (Å²) in [6, 6.07) is 10.1. The molecule has 0 saturated heterocycles. The number of fused-ring (bicyclic) bond motifs is 1. The molecule has 0 heterocycles. The van der Waals surface area contributed by atoms with Crippen molar-refractivity contribution in [2.45, 2.75) is 57.5 Å². The van der Waals surface area contributed by atoms with E-state index in [-0.39, 0.29) is 0 Å². The predicted octanol–water partition coefficient (Wildman–Crippen LogP) is 4.53. The molecular weight excluding hydrogens is 250 g/mol. The van der Waals surface area contributed by atoms with Crippen LogP contribution in [0.25, 0.3) is 0 Å². The first-order valence-electron chi connectivity index (χ1n) is 7.39. The summed E-state index contributed by atoms with van der Waals surface area (Å²) in [7, 11) is 0. The van der Waals surface area contributed by atoms with Crippen LogP contribution in [0.4, 0.5) is 0 Å². The van der Waals surface area contributed by atoms with Crippen LogP contribution in [-0.2, 0) is 5.41 Å². The van der Waals surface area contributed by atoms with Gasteiger partial charge in [0.1, 0.15) is 0 Å². The van der Waals surface area contributed by atoms with Gasteiger partial charge in [0, 0.05) is 12.1 Å². The number of hydrogen-bond acceptors (Lipinski definition) is 2. The Morgan fingerprint density at radius 3 is 2.84 bits per heavy atom. The van der Waals surface area contributed by atoms with E-state index in [1.54, 1.807) is 0 Å². The number of thioether (sulfide) groups is 1. The molecule has 0 aliphatic heterocycles. The van der Waals surface area contributed by atoms with Crippen LogP contribution < -0.4 is 5.32 Å². The van der Waals surface area contributed by atoms with E-state index in [2.05, 4.69) is 56.6 Å². The fourth-order valence-electron chi connectivity index (χ4n) is 3.11. The second-order valence-electron chi connectivity index (χ2n) is 6.41. The molecule has 0 aromatic heterocycles. The molecule has 1 N–H and O–H groups in total. The Hall–Kier alpha value is -0.470. The summed E-state index contributed by atoms with van der Waals surface area (Å²) < 4.78 is 0. The zero-order chi connectivity index (χ0) is 13.9. The molecule has 19 heavy (non-hydrogen) atoms. The lowest BCUT2D eigenvalue weighted by atomic mass is 9.71. The van der Waals surface area contributed by atoms with Crippen LogP contribution in [0.1, 0.15) is 57.2 Å². The molecule has 1 aliphatic rings. The van der Waals surface area contributed by atoms with Crippen LogP contribution in [0.5, 0.6) is 0 Å². The Labute approximate surface area is 122 Å². The van der Waals surface area contributed by atoms with Gasteiger partial charge in [-0.2, -0.15) is 11.8 Å². The quantitative estimate of drug-likeness (QED) is 0.848. The van der Waals surface area contributed by atoms with Crippen molar-refractivity contribution in [3.63, 3.8) is 0 Å². The monoisotopic (exact) mass is 277 g/mol. The molecule has 1 nitrogen and oxygen atoms in total. The Bertz CT molecular complexity index is 413. The number of rotatable bonds is 5. The van der Waals surface area contributed by atoms with Crippen LogP contribution >= 0.6 is 11.8 Å². The van der Waals surface area contributed by atoms with Crippen molar-refractivity contribution in [1.82, 2.24) is 5.32 Å². The Morgan fingerprint density at radius 1 is 1.37 bits per heavy atom. The molecule has 0 radical (unpaired) electrons. The highest BCUT2D eigenvalue weighted by Crippen LogP contribution is 2.41. The van der Waals surface area contributed by atoms with Gasteiger partial charge in [-0.05, 0) is 54.7 Å². The second-order valence-corrected chi connectivity index (χ2v) is 7.40. The van der Waals surface area contributed by atoms with Gasteiger partial charge >= 0.3 is 0 Å². The van der Waals surface area contributed by atoms with E-state index in [1.165, 1.54) is 36.1 Å². The molecule has 0 spiro atoms. The summed E-state index contributed by atoms with van der Waals surface area (Å²) in [5.41, 5.74) is 3.39. The minimum atomic E-state index is 0.331. The standard InChI is InChI=1S/C17H27NS/c1-13(10-12-19-4)18-16-9-11-17(2,3)15-8-6-5-7-14(15)16/h5-8,13,16,18H,9-12H2,1-4H3. The van der Waals surface area contributed by atoms with E-state index in [0.29, 0.717) is 17.5 Å². The molecule has 0 saturated carbocycles. The third-order valence-electron chi connectivity index (χ3n) is 4.36. The summed E-state index contributed by atoms with van der Waals surface area (Å²) in [6.07, 6.45) is 5.97. The van der Waals surface area contributed by atoms with E-state index in [9.17, 15) is 0 Å². The maximum Gasteiger partial charge on any atom is 0.0325 e. The van der Waals surface area contributed by atoms with Crippen LogP contribution in [-0.4, -0.2) is 18.1 Å². The van der Waals surface area contributed by atoms with Crippen molar-refractivity contribution in [3.05, 3.63) is 35.4 Å². The van der Waals surface area contributed by atoms with E-state index >= 15 is 0 Å². The van der Waals surface area contributed by atoms with Gasteiger partial charge in [0.05, 0.1) is 0 Å². The van der Waals surface area contributed by atoms with Crippen LogP contribution in [0, 0.1) is 0 Å². The van der Waals surface area contributed by atoms with Crippen LogP contribution in [0.2, 0.25) is 0 Å². The molecule has 0 bridgehead atoms. The number of benzene rings is 1.